The maximum Gasteiger partial charge on any atom is 0.324 e. The Bertz CT molecular complexity index is 1200. The molecule has 2 fully saturated rings. The number of ether oxygens (including phenoxy) is 2. The number of rotatable bonds is 6. The molecule has 1 N–H and O–H groups in total. The highest BCUT2D eigenvalue weighted by atomic mass is 32.1. The number of hydrogen-bond donors (Lipinski definition) is 2. The molecule has 0 spiro atoms. The normalized spacial score (nSPS) is 27.1. The molecule has 10 heteroatoms. The lowest BCUT2D eigenvalue weighted by Gasteiger charge is -2.38. The molecule has 3 aliphatic rings. The second kappa shape index (κ2) is 9.07. The molecule has 2 saturated carbocycles. The standard InChI is InChI=1S/C25H23F2N3O4S/c1-33-23(31)19-14-11-15(20(19)24(32)34-12-25(26,27)35)18-17(14)21(13-7-3-2-4-8-13)29-30-22(18)16-9-5-6-10-28-16/h2-10,14-15,17,19-20,30,35H,11-12H2,1H3. The minimum atomic E-state index is -3.48. The molecule has 1 aromatic carbocycles. The molecule has 35 heavy (non-hydrogen) atoms. The molecule has 2 heterocycles. The van der Waals surface area contributed by atoms with Crippen LogP contribution in [0.2, 0.25) is 0 Å². The van der Waals surface area contributed by atoms with E-state index in [4.69, 9.17) is 9.47 Å². The molecule has 2 aliphatic carbocycles. The first-order valence-corrected chi connectivity index (χ1v) is 11.6. The first kappa shape index (κ1) is 23.5. The van der Waals surface area contributed by atoms with Gasteiger partial charge in [-0.05, 0) is 41.5 Å². The van der Waals surface area contributed by atoms with Gasteiger partial charge in [-0.3, -0.25) is 20.0 Å². The van der Waals surface area contributed by atoms with Gasteiger partial charge in [0.2, 0.25) is 0 Å². The summed E-state index contributed by atoms with van der Waals surface area (Å²) < 4.78 is 36.6. The van der Waals surface area contributed by atoms with Gasteiger partial charge in [0, 0.05) is 12.1 Å². The van der Waals surface area contributed by atoms with Crippen LogP contribution in [0.15, 0.2) is 65.4 Å². The number of hydrazone groups is 1. The maximum absolute atomic E-state index is 13.3. The molecular weight excluding hydrogens is 476 g/mol. The predicted molar refractivity (Wildman–Crippen MR) is 126 cm³/mol. The maximum atomic E-state index is 13.3. The van der Waals surface area contributed by atoms with Crippen molar-refractivity contribution in [2.75, 3.05) is 13.7 Å². The van der Waals surface area contributed by atoms with Crippen LogP contribution in [0.5, 0.6) is 0 Å². The van der Waals surface area contributed by atoms with Crippen LogP contribution in [0.25, 0.3) is 5.70 Å². The highest BCUT2D eigenvalue weighted by molar-refractivity contribution is 7.81. The molecule has 1 aliphatic heterocycles. The summed E-state index contributed by atoms with van der Waals surface area (Å²) in [5.41, 5.74) is 6.92. The number of esters is 2. The van der Waals surface area contributed by atoms with Crippen molar-refractivity contribution in [2.45, 2.75) is 11.7 Å². The van der Waals surface area contributed by atoms with E-state index in [-0.39, 0.29) is 11.8 Å². The summed E-state index contributed by atoms with van der Waals surface area (Å²) >= 11 is 3.15. The third kappa shape index (κ3) is 4.20. The second-order valence-corrected chi connectivity index (χ2v) is 9.51. The predicted octanol–water partition coefficient (Wildman–Crippen LogP) is 3.54. The van der Waals surface area contributed by atoms with Crippen molar-refractivity contribution in [1.29, 1.82) is 0 Å². The van der Waals surface area contributed by atoms with E-state index >= 15 is 0 Å². The van der Waals surface area contributed by atoms with Crippen LogP contribution in [0.1, 0.15) is 17.7 Å². The van der Waals surface area contributed by atoms with Crippen LogP contribution in [-0.2, 0) is 19.1 Å². The van der Waals surface area contributed by atoms with Gasteiger partial charge in [-0.25, -0.2) is 0 Å². The fourth-order valence-corrected chi connectivity index (χ4v) is 5.83. The van der Waals surface area contributed by atoms with E-state index in [1.807, 2.05) is 42.5 Å². The van der Waals surface area contributed by atoms with Crippen LogP contribution in [-0.4, -0.2) is 41.6 Å². The number of methoxy groups -OCH3 is 1. The van der Waals surface area contributed by atoms with Crippen molar-refractivity contribution in [3.63, 3.8) is 0 Å². The van der Waals surface area contributed by atoms with Gasteiger partial charge >= 0.3 is 17.2 Å². The quantitative estimate of drug-likeness (QED) is 0.467. The van der Waals surface area contributed by atoms with Gasteiger partial charge in [0.15, 0.2) is 6.61 Å². The summed E-state index contributed by atoms with van der Waals surface area (Å²) in [4.78, 5) is 30.5. The molecule has 5 unspecified atom stereocenters. The molecule has 0 saturated heterocycles. The van der Waals surface area contributed by atoms with Crippen LogP contribution in [0.4, 0.5) is 8.78 Å². The van der Waals surface area contributed by atoms with E-state index in [0.717, 1.165) is 16.8 Å². The fourth-order valence-electron chi connectivity index (χ4n) is 5.76. The van der Waals surface area contributed by atoms with Gasteiger partial charge in [0.25, 0.3) is 0 Å². The summed E-state index contributed by atoms with van der Waals surface area (Å²) in [6.45, 7) is -1.18. The zero-order valence-electron chi connectivity index (χ0n) is 18.7. The Hall–Kier alpha value is -3.27. The number of hydrogen-bond acceptors (Lipinski definition) is 8. The lowest BCUT2D eigenvalue weighted by atomic mass is 9.67. The average Bonchev–Trinajstić information content (AvgIpc) is 3.44. The second-order valence-electron chi connectivity index (χ2n) is 8.85. The van der Waals surface area contributed by atoms with E-state index in [2.05, 4.69) is 28.1 Å². The number of halogens is 2. The Balaban J connectivity index is 1.61. The number of pyridine rings is 1. The van der Waals surface area contributed by atoms with Crippen LogP contribution < -0.4 is 5.43 Å². The minimum Gasteiger partial charge on any atom is -0.469 e. The molecule has 2 bridgehead atoms. The molecule has 2 aromatic rings. The van der Waals surface area contributed by atoms with E-state index in [9.17, 15) is 18.4 Å². The highest BCUT2D eigenvalue weighted by Crippen LogP contribution is 2.61. The minimum absolute atomic E-state index is 0.278. The van der Waals surface area contributed by atoms with Gasteiger partial charge in [-0.15, -0.1) is 12.6 Å². The first-order chi connectivity index (χ1) is 16.8. The van der Waals surface area contributed by atoms with Crippen molar-refractivity contribution in [1.82, 2.24) is 10.4 Å². The summed E-state index contributed by atoms with van der Waals surface area (Å²) in [5.74, 6) is -4.29. The number of aromatic nitrogens is 1. The van der Waals surface area contributed by atoms with E-state index in [1.54, 1.807) is 12.3 Å². The Morgan fingerprint density at radius 2 is 1.86 bits per heavy atom. The van der Waals surface area contributed by atoms with Gasteiger partial charge in [-0.2, -0.15) is 13.9 Å². The molecule has 0 radical (unpaired) electrons. The number of nitrogens with one attached hydrogen (secondary N) is 1. The third-order valence-electron chi connectivity index (χ3n) is 6.97. The molecule has 5 rings (SSSR count). The number of alkyl halides is 2. The van der Waals surface area contributed by atoms with Crippen molar-refractivity contribution in [3.8, 4) is 0 Å². The lowest BCUT2D eigenvalue weighted by Crippen LogP contribution is -2.45. The Morgan fingerprint density at radius 1 is 1.11 bits per heavy atom. The Labute approximate surface area is 206 Å². The molecule has 5 atom stereocenters. The largest absolute Gasteiger partial charge is 0.469 e. The lowest BCUT2D eigenvalue weighted by molar-refractivity contribution is -0.164. The zero-order valence-corrected chi connectivity index (χ0v) is 19.6. The number of carbonyl (C=O) groups excluding carboxylic acids is 2. The average molecular weight is 500 g/mol. The summed E-state index contributed by atoms with van der Waals surface area (Å²) in [7, 11) is 1.25. The zero-order chi connectivity index (χ0) is 24.7. The van der Waals surface area contributed by atoms with Gasteiger partial charge in [0.05, 0.1) is 36.0 Å². The Morgan fingerprint density at radius 3 is 2.51 bits per heavy atom. The number of nitrogens with zero attached hydrogens (tertiary/aromatic N) is 2. The fraction of sp³-hybridized carbons (Fsp3) is 0.360. The summed E-state index contributed by atoms with van der Waals surface area (Å²) in [6, 6.07) is 15.0. The van der Waals surface area contributed by atoms with Crippen LogP contribution in [0.3, 0.4) is 0 Å². The molecule has 0 amide bonds. The smallest absolute Gasteiger partial charge is 0.324 e. The van der Waals surface area contributed by atoms with E-state index in [1.165, 1.54) is 7.11 Å². The summed E-state index contributed by atoms with van der Waals surface area (Å²) in [5, 5.41) is 1.19. The topological polar surface area (TPSA) is 89.9 Å². The number of allylic oxidation sites excluding steroid dienone is 1. The summed E-state index contributed by atoms with van der Waals surface area (Å²) in [6.07, 6.45) is 2.14. The van der Waals surface area contributed by atoms with E-state index in [0.29, 0.717) is 17.8 Å². The van der Waals surface area contributed by atoms with Crippen LogP contribution in [0, 0.1) is 29.6 Å². The number of thiol groups is 1. The van der Waals surface area contributed by atoms with Gasteiger partial charge in [0.1, 0.15) is 0 Å². The monoisotopic (exact) mass is 499 g/mol. The number of fused-ring (bicyclic) bond motifs is 5. The van der Waals surface area contributed by atoms with E-state index < -0.39 is 41.6 Å². The van der Waals surface area contributed by atoms with Crippen molar-refractivity contribution < 1.29 is 27.8 Å². The van der Waals surface area contributed by atoms with Crippen LogP contribution >= 0.6 is 12.6 Å². The van der Waals surface area contributed by atoms with Gasteiger partial charge < -0.3 is 9.47 Å². The van der Waals surface area contributed by atoms with Gasteiger partial charge in [-0.1, -0.05) is 36.4 Å². The Kier molecular flexibility index (Phi) is 6.08. The highest BCUT2D eigenvalue weighted by Gasteiger charge is 2.64. The molecule has 7 nitrogen and oxygen atoms in total. The third-order valence-corrected chi connectivity index (χ3v) is 7.10. The van der Waals surface area contributed by atoms with Crippen molar-refractivity contribution in [3.05, 3.63) is 71.6 Å². The first-order valence-electron chi connectivity index (χ1n) is 11.2. The van der Waals surface area contributed by atoms with Crippen molar-refractivity contribution >= 4 is 36.0 Å². The molecule has 182 valence electrons. The molecule has 1 aromatic heterocycles. The number of carbonyl (C=O) groups is 2. The molecular formula is C25H23F2N3O4S. The number of benzene rings is 1. The van der Waals surface area contributed by atoms with Crippen molar-refractivity contribution in [2.24, 2.45) is 34.7 Å². The SMILES string of the molecule is COC(=O)C1C2CC(C3=C(c4ccccn4)NN=C(c4ccccc4)C32)C1C(=O)OCC(F)(F)S.